The van der Waals surface area contributed by atoms with Crippen molar-refractivity contribution in [2.75, 3.05) is 6.54 Å². The van der Waals surface area contributed by atoms with E-state index in [4.69, 9.17) is 5.10 Å². The molecule has 0 bridgehead atoms. The molecule has 0 fully saturated rings. The predicted octanol–water partition coefficient (Wildman–Crippen LogP) is 3.42. The minimum atomic E-state index is 0.910. The van der Waals surface area contributed by atoms with Crippen LogP contribution in [0, 0.1) is 6.92 Å². The highest BCUT2D eigenvalue weighted by Crippen LogP contribution is 2.19. The van der Waals surface area contributed by atoms with Crippen LogP contribution in [0.2, 0.25) is 0 Å². The van der Waals surface area contributed by atoms with E-state index in [-0.39, 0.29) is 0 Å². The highest BCUT2D eigenvalue weighted by molar-refractivity contribution is 5.44. The maximum absolute atomic E-state index is 4.75. The summed E-state index contributed by atoms with van der Waals surface area (Å²) in [4.78, 5) is 0. The summed E-state index contributed by atoms with van der Waals surface area (Å²) in [5, 5.41) is 8.13. The SMILES string of the molecule is CCNCc1ccc(C)c(-n2nc(CC)cc2CC)c1. The van der Waals surface area contributed by atoms with Crippen LogP contribution in [0.3, 0.4) is 0 Å². The van der Waals surface area contributed by atoms with E-state index in [1.807, 2.05) is 0 Å². The Kier molecular flexibility index (Phi) is 4.96. The second-order valence-corrected chi connectivity index (χ2v) is 5.15. The Hall–Kier alpha value is -1.61. The predicted molar refractivity (Wildman–Crippen MR) is 84.4 cm³/mol. The van der Waals surface area contributed by atoms with E-state index in [0.717, 1.165) is 25.9 Å². The van der Waals surface area contributed by atoms with Gasteiger partial charge in [-0.25, -0.2) is 4.68 Å². The van der Waals surface area contributed by atoms with Gasteiger partial charge in [0.25, 0.3) is 0 Å². The second kappa shape index (κ2) is 6.71. The highest BCUT2D eigenvalue weighted by atomic mass is 15.3. The Morgan fingerprint density at radius 2 is 1.90 bits per heavy atom. The molecule has 2 aromatic rings. The molecule has 3 nitrogen and oxygen atoms in total. The fourth-order valence-electron chi connectivity index (χ4n) is 2.37. The van der Waals surface area contributed by atoms with E-state index in [9.17, 15) is 0 Å². The number of benzene rings is 1. The van der Waals surface area contributed by atoms with Crippen molar-refractivity contribution in [2.45, 2.75) is 47.1 Å². The molecule has 3 heteroatoms. The molecule has 1 aromatic heterocycles. The van der Waals surface area contributed by atoms with Gasteiger partial charge in [0.2, 0.25) is 0 Å². The summed E-state index contributed by atoms with van der Waals surface area (Å²) in [6.07, 6.45) is 1.99. The van der Waals surface area contributed by atoms with E-state index < -0.39 is 0 Å². The first-order valence-electron chi connectivity index (χ1n) is 7.58. The minimum absolute atomic E-state index is 0.910. The third kappa shape index (κ3) is 3.10. The Morgan fingerprint density at radius 3 is 2.55 bits per heavy atom. The zero-order valence-electron chi connectivity index (χ0n) is 13.0. The van der Waals surface area contributed by atoms with Gasteiger partial charge >= 0.3 is 0 Å². The molecule has 0 spiro atoms. The van der Waals surface area contributed by atoms with Gasteiger partial charge in [-0.3, -0.25) is 0 Å². The summed E-state index contributed by atoms with van der Waals surface area (Å²) in [5.41, 5.74) is 6.23. The van der Waals surface area contributed by atoms with Crippen LogP contribution in [0.4, 0.5) is 0 Å². The number of nitrogens with zero attached hydrogens (tertiary/aromatic N) is 2. The molecule has 1 aromatic carbocycles. The summed E-state index contributed by atoms with van der Waals surface area (Å²) < 4.78 is 2.11. The van der Waals surface area contributed by atoms with Crippen molar-refractivity contribution >= 4 is 0 Å². The molecule has 1 heterocycles. The topological polar surface area (TPSA) is 29.9 Å². The van der Waals surface area contributed by atoms with Gasteiger partial charge in [0, 0.05) is 12.2 Å². The number of rotatable bonds is 6. The van der Waals surface area contributed by atoms with Crippen molar-refractivity contribution in [2.24, 2.45) is 0 Å². The molecule has 1 N–H and O–H groups in total. The van der Waals surface area contributed by atoms with Gasteiger partial charge in [-0.05, 0) is 49.6 Å². The first kappa shape index (κ1) is 14.8. The molecule has 0 radical (unpaired) electrons. The van der Waals surface area contributed by atoms with Gasteiger partial charge in [-0.2, -0.15) is 5.10 Å². The number of aromatic nitrogens is 2. The van der Waals surface area contributed by atoms with Crippen LogP contribution in [-0.4, -0.2) is 16.3 Å². The van der Waals surface area contributed by atoms with E-state index in [2.05, 4.69) is 62.0 Å². The van der Waals surface area contributed by atoms with Crippen LogP contribution in [0.1, 0.15) is 43.3 Å². The summed E-state index contributed by atoms with van der Waals surface area (Å²) >= 11 is 0. The minimum Gasteiger partial charge on any atom is -0.313 e. The Balaban J connectivity index is 2.42. The van der Waals surface area contributed by atoms with Crippen LogP contribution >= 0.6 is 0 Å². The summed E-state index contributed by atoms with van der Waals surface area (Å²) in [6, 6.07) is 8.85. The number of hydrogen-bond donors (Lipinski definition) is 1. The average Bonchev–Trinajstić information content (AvgIpc) is 2.89. The number of aryl methyl sites for hydroxylation is 3. The molecule has 0 saturated heterocycles. The van der Waals surface area contributed by atoms with Crippen molar-refractivity contribution in [1.82, 2.24) is 15.1 Å². The summed E-state index contributed by atoms with van der Waals surface area (Å²) in [5.74, 6) is 0. The standard InChI is InChI=1S/C17H25N3/c1-5-15-11-16(6-2)20(19-15)17-10-14(12-18-7-3)9-8-13(17)4/h8-11,18H,5-7,12H2,1-4H3. The van der Waals surface area contributed by atoms with Crippen molar-refractivity contribution in [3.05, 3.63) is 46.8 Å². The van der Waals surface area contributed by atoms with E-state index in [0.29, 0.717) is 0 Å². The maximum atomic E-state index is 4.75. The maximum Gasteiger partial charge on any atom is 0.0681 e. The molecule has 0 aliphatic carbocycles. The zero-order valence-corrected chi connectivity index (χ0v) is 13.0. The summed E-state index contributed by atoms with van der Waals surface area (Å²) in [6.45, 7) is 10.5. The Labute approximate surface area is 122 Å². The lowest BCUT2D eigenvalue weighted by molar-refractivity contribution is 0.723. The van der Waals surface area contributed by atoms with Crippen LogP contribution < -0.4 is 5.32 Å². The lowest BCUT2D eigenvalue weighted by Gasteiger charge is -2.12. The lowest BCUT2D eigenvalue weighted by atomic mass is 10.1. The van der Waals surface area contributed by atoms with Crippen molar-refractivity contribution in [3.8, 4) is 5.69 Å². The van der Waals surface area contributed by atoms with E-state index in [1.54, 1.807) is 0 Å². The van der Waals surface area contributed by atoms with Crippen LogP contribution in [0.5, 0.6) is 0 Å². The van der Waals surface area contributed by atoms with Crippen molar-refractivity contribution < 1.29 is 0 Å². The Morgan fingerprint density at radius 1 is 1.10 bits per heavy atom. The molecule has 0 amide bonds. The third-order valence-electron chi connectivity index (χ3n) is 3.64. The molecule has 0 unspecified atom stereocenters. The molecule has 108 valence electrons. The normalized spacial score (nSPS) is 11.0. The molecule has 0 saturated carbocycles. The van der Waals surface area contributed by atoms with Crippen LogP contribution in [0.25, 0.3) is 5.69 Å². The van der Waals surface area contributed by atoms with Crippen LogP contribution in [-0.2, 0) is 19.4 Å². The molecule has 0 atom stereocenters. The monoisotopic (exact) mass is 271 g/mol. The largest absolute Gasteiger partial charge is 0.313 e. The van der Waals surface area contributed by atoms with Gasteiger partial charge in [-0.15, -0.1) is 0 Å². The second-order valence-electron chi connectivity index (χ2n) is 5.15. The van der Waals surface area contributed by atoms with Gasteiger partial charge < -0.3 is 5.32 Å². The van der Waals surface area contributed by atoms with E-state index >= 15 is 0 Å². The molecule has 2 rings (SSSR count). The fourth-order valence-corrected chi connectivity index (χ4v) is 2.37. The third-order valence-corrected chi connectivity index (χ3v) is 3.64. The molecule has 0 aliphatic rings. The fraction of sp³-hybridized carbons (Fsp3) is 0.471. The highest BCUT2D eigenvalue weighted by Gasteiger charge is 2.10. The number of nitrogens with one attached hydrogen (secondary N) is 1. The zero-order chi connectivity index (χ0) is 14.5. The lowest BCUT2D eigenvalue weighted by Crippen LogP contribution is -2.12. The summed E-state index contributed by atoms with van der Waals surface area (Å²) in [7, 11) is 0. The first-order valence-corrected chi connectivity index (χ1v) is 7.58. The molecular weight excluding hydrogens is 246 g/mol. The molecular formula is C17H25N3. The van der Waals surface area contributed by atoms with Crippen LogP contribution in [0.15, 0.2) is 24.3 Å². The van der Waals surface area contributed by atoms with Crippen molar-refractivity contribution in [3.63, 3.8) is 0 Å². The molecule has 0 aliphatic heterocycles. The van der Waals surface area contributed by atoms with Gasteiger partial charge in [0.1, 0.15) is 0 Å². The van der Waals surface area contributed by atoms with E-state index in [1.165, 1.54) is 28.2 Å². The smallest absolute Gasteiger partial charge is 0.0681 e. The van der Waals surface area contributed by atoms with Crippen molar-refractivity contribution in [1.29, 1.82) is 0 Å². The number of hydrogen-bond acceptors (Lipinski definition) is 2. The average molecular weight is 271 g/mol. The molecule has 20 heavy (non-hydrogen) atoms. The first-order chi connectivity index (χ1) is 9.69. The Bertz CT molecular complexity index is 570. The van der Waals surface area contributed by atoms with Gasteiger partial charge in [0.05, 0.1) is 11.4 Å². The van der Waals surface area contributed by atoms with Gasteiger partial charge in [0.15, 0.2) is 0 Å². The quantitative estimate of drug-likeness (QED) is 0.872. The van der Waals surface area contributed by atoms with Gasteiger partial charge in [-0.1, -0.05) is 32.9 Å².